The molecule has 3 N–H and O–H groups in total. The zero-order valence-electron chi connectivity index (χ0n) is 23.8. The lowest BCUT2D eigenvalue weighted by Gasteiger charge is -2.33. The molecule has 2 heterocycles. The molecule has 2 amide bonds. The van der Waals surface area contributed by atoms with Gasteiger partial charge >= 0.3 is 0 Å². The minimum atomic E-state index is -0.724. The second-order valence-corrected chi connectivity index (χ2v) is 10.3. The molecule has 44 heavy (non-hydrogen) atoms. The molecule has 228 valence electrons. The van der Waals surface area contributed by atoms with Gasteiger partial charge in [-0.3, -0.25) is 19.7 Å². The van der Waals surface area contributed by atoms with Crippen LogP contribution in [0.1, 0.15) is 32.9 Å². The molecule has 0 spiro atoms. The largest absolute Gasteiger partial charge is 0.496 e. The quantitative estimate of drug-likeness (QED) is 0.109. The monoisotopic (exact) mass is 622 g/mol. The lowest BCUT2D eigenvalue weighted by Crippen LogP contribution is -2.37. The van der Waals surface area contributed by atoms with Crippen molar-refractivity contribution in [2.75, 3.05) is 48.8 Å². The summed E-state index contributed by atoms with van der Waals surface area (Å²) in [5, 5.41) is 24.1. The Bertz CT molecular complexity index is 1740. The number of anilines is 3. The Balaban J connectivity index is 1.26. The molecule has 1 aliphatic heterocycles. The molecule has 14 heteroatoms. The second-order valence-electron chi connectivity index (χ2n) is 9.91. The number of hydrogen-bond acceptors (Lipinski definition) is 9. The number of aromatic nitrogens is 1. The van der Waals surface area contributed by atoms with Gasteiger partial charge in [-0.2, -0.15) is 0 Å². The molecule has 1 aliphatic rings. The number of methoxy groups -OCH3 is 1. The molecule has 0 saturated carbocycles. The first-order valence-electron chi connectivity index (χ1n) is 13.6. The maximum Gasteiger partial charge on any atom is 0.294 e. The number of aryl methyl sites for hydroxylation is 1. The predicted molar refractivity (Wildman–Crippen MR) is 163 cm³/mol. The Hall–Kier alpha value is -5.17. The van der Waals surface area contributed by atoms with Gasteiger partial charge in [0.05, 0.1) is 28.4 Å². The third kappa shape index (κ3) is 6.27. The maximum absolute atomic E-state index is 14.6. The standard InChI is InChI=1S/C30H28ClFN6O6/c1-17-27(28(36-44-17)19-6-3-4-7-26(19)43-2)30(40)34-11-10-33-22-16-23(25(38(41)42)15-20(22)31)35-29(39)18-8-9-24(21(32)14-18)37-12-5-13-37/h3-4,6-9,14-16,33H,5,10-13H2,1-2H3,(H,34,40)(H,35,39). The van der Waals surface area contributed by atoms with Gasteiger partial charge in [0.1, 0.15) is 34.3 Å². The maximum atomic E-state index is 14.6. The lowest BCUT2D eigenvalue weighted by atomic mass is 10.0. The lowest BCUT2D eigenvalue weighted by molar-refractivity contribution is -0.383. The van der Waals surface area contributed by atoms with E-state index in [0.29, 0.717) is 28.5 Å². The highest BCUT2D eigenvalue weighted by Gasteiger charge is 2.25. The number of nitro groups is 1. The fourth-order valence-corrected chi connectivity index (χ4v) is 4.96. The topological polar surface area (TPSA) is 152 Å². The predicted octanol–water partition coefficient (Wildman–Crippen LogP) is 5.66. The summed E-state index contributed by atoms with van der Waals surface area (Å²) in [7, 11) is 1.52. The smallest absolute Gasteiger partial charge is 0.294 e. The minimum Gasteiger partial charge on any atom is -0.496 e. The van der Waals surface area contributed by atoms with Gasteiger partial charge < -0.3 is 30.1 Å². The first kappa shape index (κ1) is 30.3. The van der Waals surface area contributed by atoms with E-state index in [0.717, 1.165) is 31.6 Å². The average Bonchev–Trinajstić information content (AvgIpc) is 3.37. The summed E-state index contributed by atoms with van der Waals surface area (Å²) in [5.74, 6) is -0.853. The molecular formula is C30H28ClFN6O6. The van der Waals surface area contributed by atoms with E-state index in [2.05, 4.69) is 21.1 Å². The third-order valence-electron chi connectivity index (χ3n) is 7.11. The average molecular weight is 623 g/mol. The number of para-hydroxylation sites is 1. The van der Waals surface area contributed by atoms with E-state index in [9.17, 15) is 24.1 Å². The summed E-state index contributed by atoms with van der Waals surface area (Å²) in [4.78, 5) is 38.9. The van der Waals surface area contributed by atoms with Crippen LogP contribution in [0.5, 0.6) is 5.75 Å². The Kier molecular flexibility index (Phi) is 8.95. The summed E-state index contributed by atoms with van der Waals surface area (Å²) < 4.78 is 25.3. The van der Waals surface area contributed by atoms with Crippen LogP contribution in [0, 0.1) is 22.9 Å². The number of nitro benzene ring substituents is 1. The van der Waals surface area contributed by atoms with E-state index in [1.165, 1.54) is 25.3 Å². The molecule has 12 nitrogen and oxygen atoms in total. The van der Waals surface area contributed by atoms with Crippen molar-refractivity contribution in [3.05, 3.63) is 92.4 Å². The van der Waals surface area contributed by atoms with Crippen LogP contribution in [0.2, 0.25) is 5.02 Å². The molecule has 0 aliphatic carbocycles. The molecule has 0 bridgehead atoms. The Labute approximate surface area is 256 Å². The van der Waals surface area contributed by atoms with Crippen LogP contribution in [0.25, 0.3) is 11.3 Å². The highest BCUT2D eigenvalue weighted by atomic mass is 35.5. The van der Waals surface area contributed by atoms with Crippen molar-refractivity contribution >= 4 is 46.2 Å². The van der Waals surface area contributed by atoms with Crippen LogP contribution >= 0.6 is 11.6 Å². The number of amides is 2. The van der Waals surface area contributed by atoms with Crippen molar-refractivity contribution in [3.8, 4) is 17.0 Å². The first-order valence-corrected chi connectivity index (χ1v) is 14.0. The van der Waals surface area contributed by atoms with Gasteiger partial charge in [0.25, 0.3) is 17.5 Å². The van der Waals surface area contributed by atoms with Crippen molar-refractivity contribution in [3.63, 3.8) is 0 Å². The number of ether oxygens (including phenoxy) is 1. The molecule has 3 aromatic carbocycles. The van der Waals surface area contributed by atoms with E-state index in [4.69, 9.17) is 20.9 Å². The van der Waals surface area contributed by atoms with E-state index >= 15 is 0 Å². The molecule has 0 atom stereocenters. The number of benzene rings is 3. The van der Waals surface area contributed by atoms with Crippen LogP contribution in [0.15, 0.2) is 59.1 Å². The number of halogens is 2. The Morgan fingerprint density at radius 2 is 1.89 bits per heavy atom. The third-order valence-corrected chi connectivity index (χ3v) is 7.43. The van der Waals surface area contributed by atoms with Crippen molar-refractivity contribution in [1.29, 1.82) is 0 Å². The molecular weight excluding hydrogens is 595 g/mol. The fourth-order valence-electron chi connectivity index (χ4n) is 4.73. The number of hydrogen-bond donors (Lipinski definition) is 3. The van der Waals surface area contributed by atoms with Crippen LogP contribution < -0.4 is 25.6 Å². The molecule has 1 saturated heterocycles. The summed E-state index contributed by atoms with van der Waals surface area (Å²) in [5.41, 5.74) is 1.29. The summed E-state index contributed by atoms with van der Waals surface area (Å²) in [6, 6.07) is 13.6. The fraction of sp³-hybridized carbons (Fsp3) is 0.233. The van der Waals surface area contributed by atoms with E-state index in [-0.39, 0.29) is 40.6 Å². The van der Waals surface area contributed by atoms with Gasteiger partial charge in [0, 0.05) is 43.4 Å². The molecule has 4 aromatic rings. The van der Waals surface area contributed by atoms with Crippen LogP contribution in [-0.2, 0) is 0 Å². The van der Waals surface area contributed by atoms with Gasteiger partial charge in [-0.05, 0) is 49.7 Å². The number of nitrogens with one attached hydrogen (secondary N) is 3. The van der Waals surface area contributed by atoms with E-state index in [1.807, 2.05) is 4.90 Å². The molecule has 0 radical (unpaired) electrons. The Morgan fingerprint density at radius 1 is 1.11 bits per heavy atom. The molecule has 1 fully saturated rings. The zero-order valence-corrected chi connectivity index (χ0v) is 24.5. The van der Waals surface area contributed by atoms with Crippen molar-refractivity contribution in [2.45, 2.75) is 13.3 Å². The van der Waals surface area contributed by atoms with Gasteiger partial charge in [-0.1, -0.05) is 28.9 Å². The van der Waals surface area contributed by atoms with E-state index < -0.39 is 28.2 Å². The van der Waals surface area contributed by atoms with Gasteiger partial charge in [-0.25, -0.2) is 4.39 Å². The van der Waals surface area contributed by atoms with Gasteiger partial charge in [-0.15, -0.1) is 0 Å². The van der Waals surface area contributed by atoms with Gasteiger partial charge in [0.2, 0.25) is 0 Å². The Morgan fingerprint density at radius 3 is 2.57 bits per heavy atom. The first-order chi connectivity index (χ1) is 21.2. The number of rotatable bonds is 11. The number of carbonyl (C=O) groups is 2. The summed E-state index contributed by atoms with van der Waals surface area (Å²) in [6.45, 7) is 3.41. The van der Waals surface area contributed by atoms with Crippen molar-refractivity contribution in [2.24, 2.45) is 0 Å². The van der Waals surface area contributed by atoms with Crippen molar-refractivity contribution in [1.82, 2.24) is 10.5 Å². The normalized spacial score (nSPS) is 12.3. The minimum absolute atomic E-state index is 0.00441. The highest BCUT2D eigenvalue weighted by Crippen LogP contribution is 2.35. The SMILES string of the molecule is COc1ccccc1-c1noc(C)c1C(=O)NCCNc1cc(NC(=O)c2ccc(N3CCC3)c(F)c2)c([N+](=O)[O-])cc1Cl. The van der Waals surface area contributed by atoms with Crippen LogP contribution in [-0.4, -0.2) is 55.2 Å². The summed E-state index contributed by atoms with van der Waals surface area (Å²) in [6.07, 6.45) is 0.969. The number of carbonyl (C=O) groups excluding carboxylic acids is 2. The highest BCUT2D eigenvalue weighted by molar-refractivity contribution is 6.33. The number of nitrogens with zero attached hydrogens (tertiary/aromatic N) is 3. The molecule has 0 unspecified atom stereocenters. The summed E-state index contributed by atoms with van der Waals surface area (Å²) >= 11 is 6.29. The van der Waals surface area contributed by atoms with Crippen LogP contribution in [0.4, 0.5) is 27.1 Å². The van der Waals surface area contributed by atoms with Crippen molar-refractivity contribution < 1.29 is 28.2 Å². The zero-order chi connectivity index (χ0) is 31.4. The molecule has 1 aromatic heterocycles. The van der Waals surface area contributed by atoms with Crippen LogP contribution in [0.3, 0.4) is 0 Å². The second kappa shape index (κ2) is 13.0. The van der Waals surface area contributed by atoms with Gasteiger partial charge in [0.15, 0.2) is 0 Å². The van der Waals surface area contributed by atoms with E-state index in [1.54, 1.807) is 31.2 Å². The molecule has 5 rings (SSSR count).